The molecule has 2 fully saturated rings. The fourth-order valence-corrected chi connectivity index (χ4v) is 4.91. The van der Waals surface area contributed by atoms with Crippen molar-refractivity contribution < 1.29 is 4.79 Å². The van der Waals surface area contributed by atoms with Gasteiger partial charge in [0.1, 0.15) is 11.5 Å². The normalized spacial score (nSPS) is 26.4. The SMILES string of the molecule is Cc1nc2nc(C(=O)N[C@@H](C)[C@@H]3C[C@H]4CC[C@H]3C4)cc(C(C)(C)C)n2n1. The molecule has 0 saturated heterocycles. The summed E-state index contributed by atoms with van der Waals surface area (Å²) in [5.41, 5.74) is 1.22. The molecule has 0 unspecified atom stereocenters. The van der Waals surface area contributed by atoms with Crippen LogP contribution in [0.5, 0.6) is 0 Å². The molecule has 2 saturated carbocycles. The molecule has 0 aliphatic heterocycles. The van der Waals surface area contributed by atoms with Gasteiger partial charge in [0.25, 0.3) is 11.7 Å². The third kappa shape index (κ3) is 2.99. The van der Waals surface area contributed by atoms with Crippen LogP contribution in [0.2, 0.25) is 0 Å². The Balaban J connectivity index is 1.60. The van der Waals surface area contributed by atoms with Crippen LogP contribution in [0.25, 0.3) is 5.78 Å². The van der Waals surface area contributed by atoms with Gasteiger partial charge >= 0.3 is 0 Å². The number of aryl methyl sites for hydroxylation is 1. The Kier molecular flexibility index (Phi) is 4.04. The molecule has 4 rings (SSSR count). The smallest absolute Gasteiger partial charge is 0.270 e. The van der Waals surface area contributed by atoms with Gasteiger partial charge in [-0.1, -0.05) is 27.2 Å². The van der Waals surface area contributed by atoms with Crippen LogP contribution in [0.3, 0.4) is 0 Å². The standard InChI is InChI=1S/C20H29N5O/c1-11(15-9-13-6-7-14(15)8-13)21-18(26)16-10-17(20(3,4)5)25-19(23-16)22-12(2)24-25/h10-11,13-15H,6-9H2,1-5H3,(H,21,26)/t11-,13-,14-,15-/m0/s1. The van der Waals surface area contributed by atoms with Gasteiger partial charge < -0.3 is 5.32 Å². The van der Waals surface area contributed by atoms with Gasteiger partial charge in [0.05, 0.1) is 5.69 Å². The number of carbonyl (C=O) groups excluding carboxylic acids is 1. The number of hydrogen-bond acceptors (Lipinski definition) is 4. The predicted molar refractivity (Wildman–Crippen MR) is 100 cm³/mol. The molecule has 26 heavy (non-hydrogen) atoms. The molecule has 0 spiro atoms. The number of amides is 1. The Bertz CT molecular complexity index is 850. The maximum atomic E-state index is 12.9. The Morgan fingerprint density at radius 2 is 2.04 bits per heavy atom. The van der Waals surface area contributed by atoms with Gasteiger partial charge in [-0.2, -0.15) is 10.1 Å². The van der Waals surface area contributed by atoms with E-state index >= 15 is 0 Å². The van der Waals surface area contributed by atoms with E-state index in [-0.39, 0.29) is 17.4 Å². The molecule has 2 aliphatic rings. The van der Waals surface area contributed by atoms with Crippen LogP contribution in [0, 0.1) is 24.7 Å². The summed E-state index contributed by atoms with van der Waals surface area (Å²) in [7, 11) is 0. The topological polar surface area (TPSA) is 72.2 Å². The number of nitrogens with one attached hydrogen (secondary N) is 1. The molecular weight excluding hydrogens is 326 g/mol. The van der Waals surface area contributed by atoms with E-state index in [1.165, 1.54) is 25.7 Å². The molecule has 0 radical (unpaired) electrons. The van der Waals surface area contributed by atoms with Crippen molar-refractivity contribution >= 4 is 11.7 Å². The summed E-state index contributed by atoms with van der Waals surface area (Å²) in [6, 6.07) is 2.05. The number of aromatic nitrogens is 4. The molecule has 140 valence electrons. The van der Waals surface area contributed by atoms with Gasteiger partial charge in [0.15, 0.2) is 0 Å². The molecule has 2 aliphatic carbocycles. The summed E-state index contributed by atoms with van der Waals surface area (Å²) in [6.45, 7) is 10.3. The number of carbonyl (C=O) groups is 1. The Labute approximate surface area is 154 Å². The third-order valence-electron chi connectivity index (χ3n) is 6.21. The summed E-state index contributed by atoms with van der Waals surface area (Å²) in [6.07, 6.45) is 5.31. The van der Waals surface area contributed by atoms with E-state index in [0.29, 0.717) is 23.2 Å². The first-order valence-electron chi connectivity index (χ1n) is 9.78. The van der Waals surface area contributed by atoms with Gasteiger partial charge in [-0.05, 0) is 56.9 Å². The van der Waals surface area contributed by atoms with E-state index < -0.39 is 0 Å². The number of nitrogens with zero attached hydrogens (tertiary/aromatic N) is 4. The van der Waals surface area contributed by atoms with Crippen molar-refractivity contribution in [3.63, 3.8) is 0 Å². The van der Waals surface area contributed by atoms with Crippen molar-refractivity contribution in [3.05, 3.63) is 23.3 Å². The predicted octanol–water partition coefficient (Wildman–Crippen LogP) is 3.28. The monoisotopic (exact) mass is 355 g/mol. The van der Waals surface area contributed by atoms with Gasteiger partial charge in [0, 0.05) is 11.5 Å². The second-order valence-electron chi connectivity index (χ2n) is 9.25. The van der Waals surface area contributed by atoms with Crippen LogP contribution in [0.15, 0.2) is 6.07 Å². The van der Waals surface area contributed by atoms with E-state index in [4.69, 9.17) is 0 Å². The highest BCUT2D eigenvalue weighted by Gasteiger charge is 2.42. The molecule has 2 bridgehead atoms. The van der Waals surface area contributed by atoms with Crippen molar-refractivity contribution in [2.45, 2.75) is 71.8 Å². The minimum atomic E-state index is -0.160. The fraction of sp³-hybridized carbons (Fsp3) is 0.700. The molecule has 1 amide bonds. The number of rotatable bonds is 3. The molecule has 6 nitrogen and oxygen atoms in total. The van der Waals surface area contributed by atoms with E-state index in [1.807, 2.05) is 13.0 Å². The minimum Gasteiger partial charge on any atom is -0.348 e. The fourth-order valence-electron chi connectivity index (χ4n) is 4.91. The summed E-state index contributed by atoms with van der Waals surface area (Å²) < 4.78 is 1.76. The largest absolute Gasteiger partial charge is 0.348 e. The van der Waals surface area contributed by atoms with E-state index in [0.717, 1.165) is 17.5 Å². The molecule has 2 aromatic rings. The lowest BCUT2D eigenvalue weighted by atomic mass is 9.84. The first-order valence-corrected chi connectivity index (χ1v) is 9.78. The zero-order chi connectivity index (χ0) is 18.6. The molecule has 2 heterocycles. The second kappa shape index (κ2) is 6.03. The lowest BCUT2D eigenvalue weighted by Crippen LogP contribution is -2.40. The average Bonchev–Trinajstić information content (AvgIpc) is 3.26. The molecule has 0 aromatic carbocycles. The molecular formula is C20H29N5O. The second-order valence-corrected chi connectivity index (χ2v) is 9.25. The van der Waals surface area contributed by atoms with Crippen molar-refractivity contribution in [3.8, 4) is 0 Å². The van der Waals surface area contributed by atoms with Gasteiger partial charge in [-0.25, -0.2) is 9.50 Å². The van der Waals surface area contributed by atoms with Gasteiger partial charge in [-0.15, -0.1) is 0 Å². The van der Waals surface area contributed by atoms with Crippen molar-refractivity contribution in [2.24, 2.45) is 17.8 Å². The van der Waals surface area contributed by atoms with Crippen LogP contribution in [0.4, 0.5) is 0 Å². The maximum Gasteiger partial charge on any atom is 0.270 e. The quantitative estimate of drug-likeness (QED) is 0.917. The first-order chi connectivity index (χ1) is 12.2. The Morgan fingerprint density at radius 3 is 2.65 bits per heavy atom. The zero-order valence-corrected chi connectivity index (χ0v) is 16.4. The van der Waals surface area contributed by atoms with Crippen LogP contribution in [-0.2, 0) is 5.41 Å². The Hall–Kier alpha value is -1.98. The van der Waals surface area contributed by atoms with Crippen molar-refractivity contribution in [1.29, 1.82) is 0 Å². The average molecular weight is 355 g/mol. The maximum absolute atomic E-state index is 12.9. The number of hydrogen-bond donors (Lipinski definition) is 1. The highest BCUT2D eigenvalue weighted by molar-refractivity contribution is 5.93. The first kappa shape index (κ1) is 17.4. The summed E-state index contributed by atoms with van der Waals surface area (Å²) >= 11 is 0. The van der Waals surface area contributed by atoms with Crippen LogP contribution in [-0.4, -0.2) is 31.5 Å². The lowest BCUT2D eigenvalue weighted by Gasteiger charge is -2.28. The molecule has 4 atom stereocenters. The Morgan fingerprint density at radius 1 is 1.27 bits per heavy atom. The highest BCUT2D eigenvalue weighted by atomic mass is 16.1. The highest BCUT2D eigenvalue weighted by Crippen LogP contribution is 2.49. The van der Waals surface area contributed by atoms with Gasteiger partial charge in [-0.3, -0.25) is 4.79 Å². The minimum absolute atomic E-state index is 0.103. The van der Waals surface area contributed by atoms with Crippen molar-refractivity contribution in [1.82, 2.24) is 24.9 Å². The molecule has 2 aromatic heterocycles. The summed E-state index contributed by atoms with van der Waals surface area (Å²) in [5.74, 6) is 3.33. The summed E-state index contributed by atoms with van der Waals surface area (Å²) in [5, 5.41) is 7.66. The van der Waals surface area contributed by atoms with Crippen molar-refractivity contribution in [2.75, 3.05) is 0 Å². The number of fused-ring (bicyclic) bond motifs is 3. The van der Waals surface area contributed by atoms with E-state index in [1.54, 1.807) is 4.52 Å². The molecule has 1 N–H and O–H groups in total. The third-order valence-corrected chi connectivity index (χ3v) is 6.21. The summed E-state index contributed by atoms with van der Waals surface area (Å²) in [4.78, 5) is 21.8. The van der Waals surface area contributed by atoms with E-state index in [9.17, 15) is 4.79 Å². The van der Waals surface area contributed by atoms with Crippen LogP contribution in [0.1, 0.15) is 75.4 Å². The lowest BCUT2D eigenvalue weighted by molar-refractivity contribution is 0.0910. The van der Waals surface area contributed by atoms with Gasteiger partial charge in [0.2, 0.25) is 0 Å². The van der Waals surface area contributed by atoms with Crippen LogP contribution < -0.4 is 5.32 Å². The molecule has 6 heteroatoms. The zero-order valence-electron chi connectivity index (χ0n) is 16.4. The van der Waals surface area contributed by atoms with E-state index in [2.05, 4.69) is 48.1 Å². The van der Waals surface area contributed by atoms with Crippen LogP contribution >= 0.6 is 0 Å².